The minimum absolute atomic E-state index is 0.0156. The van der Waals surface area contributed by atoms with Crippen molar-refractivity contribution in [2.45, 2.75) is 69.9 Å². The Labute approximate surface area is 196 Å². The molecule has 33 heavy (non-hydrogen) atoms. The van der Waals surface area contributed by atoms with E-state index >= 15 is 0 Å². The molecular formula is C26H36FN3O3. The Hall–Kier alpha value is -2.41. The van der Waals surface area contributed by atoms with E-state index in [-0.39, 0.29) is 36.3 Å². The van der Waals surface area contributed by atoms with Crippen LogP contribution in [0.5, 0.6) is 0 Å². The van der Waals surface area contributed by atoms with Gasteiger partial charge in [-0.2, -0.15) is 0 Å². The number of morpholine rings is 1. The van der Waals surface area contributed by atoms with E-state index in [1.807, 2.05) is 0 Å². The first-order valence-electron chi connectivity index (χ1n) is 12.5. The number of likely N-dealkylation sites (tertiary alicyclic amines) is 1. The SMILES string of the molecule is O=C(CN1C(=O)/C(=C\c2ccccc2F)OC2CCCCC21)NCCCN1CCCCCC1. The molecule has 180 valence electrons. The van der Waals surface area contributed by atoms with Gasteiger partial charge in [0.1, 0.15) is 18.5 Å². The lowest BCUT2D eigenvalue weighted by Gasteiger charge is -2.44. The summed E-state index contributed by atoms with van der Waals surface area (Å²) in [6.45, 7) is 3.92. The first-order valence-corrected chi connectivity index (χ1v) is 12.5. The van der Waals surface area contributed by atoms with Crippen LogP contribution in [-0.2, 0) is 14.3 Å². The number of ether oxygens (including phenoxy) is 1. The predicted octanol–water partition coefficient (Wildman–Crippen LogP) is 3.72. The summed E-state index contributed by atoms with van der Waals surface area (Å²) in [7, 11) is 0. The lowest BCUT2D eigenvalue weighted by Crippen LogP contribution is -2.57. The van der Waals surface area contributed by atoms with E-state index in [0.29, 0.717) is 12.1 Å². The molecule has 2 unspecified atom stereocenters. The Balaban J connectivity index is 1.35. The topological polar surface area (TPSA) is 61.9 Å². The highest BCUT2D eigenvalue weighted by Gasteiger charge is 2.42. The Morgan fingerprint density at radius 1 is 1.09 bits per heavy atom. The smallest absolute Gasteiger partial charge is 0.289 e. The van der Waals surface area contributed by atoms with Crippen molar-refractivity contribution in [1.82, 2.24) is 15.1 Å². The third-order valence-corrected chi connectivity index (χ3v) is 7.00. The molecule has 1 N–H and O–H groups in total. The Morgan fingerprint density at radius 3 is 2.64 bits per heavy atom. The second-order valence-electron chi connectivity index (χ2n) is 9.43. The molecule has 0 bridgehead atoms. The highest BCUT2D eigenvalue weighted by atomic mass is 19.1. The normalized spacial score (nSPS) is 25.3. The summed E-state index contributed by atoms with van der Waals surface area (Å²) >= 11 is 0. The molecule has 2 atom stereocenters. The maximum atomic E-state index is 14.1. The lowest BCUT2D eigenvalue weighted by molar-refractivity contribution is -0.151. The second-order valence-corrected chi connectivity index (χ2v) is 9.43. The van der Waals surface area contributed by atoms with Crippen molar-refractivity contribution in [3.8, 4) is 0 Å². The molecular weight excluding hydrogens is 421 g/mol. The van der Waals surface area contributed by atoms with E-state index in [1.165, 1.54) is 37.8 Å². The molecule has 1 saturated carbocycles. The van der Waals surface area contributed by atoms with Crippen LogP contribution in [0.3, 0.4) is 0 Å². The van der Waals surface area contributed by atoms with E-state index in [9.17, 15) is 14.0 Å². The van der Waals surface area contributed by atoms with Gasteiger partial charge in [-0.15, -0.1) is 0 Å². The summed E-state index contributed by atoms with van der Waals surface area (Å²) < 4.78 is 20.2. The number of halogens is 1. The molecule has 0 aromatic heterocycles. The van der Waals surface area contributed by atoms with Crippen LogP contribution in [0.2, 0.25) is 0 Å². The maximum Gasteiger partial charge on any atom is 0.289 e. The number of hydrogen-bond acceptors (Lipinski definition) is 4. The molecule has 2 amide bonds. The first kappa shape index (κ1) is 23.7. The summed E-state index contributed by atoms with van der Waals surface area (Å²) in [5.74, 6) is -0.755. The minimum atomic E-state index is -0.402. The number of amides is 2. The van der Waals surface area contributed by atoms with Gasteiger partial charge >= 0.3 is 0 Å². The Bertz CT molecular complexity index is 851. The maximum absolute atomic E-state index is 14.1. The van der Waals surface area contributed by atoms with Gasteiger partial charge in [-0.25, -0.2) is 4.39 Å². The molecule has 0 spiro atoms. The van der Waals surface area contributed by atoms with Gasteiger partial charge in [0.2, 0.25) is 5.91 Å². The average molecular weight is 458 g/mol. The van der Waals surface area contributed by atoms with Gasteiger partial charge in [-0.05, 0) is 70.3 Å². The number of carbonyl (C=O) groups is 2. The number of benzene rings is 1. The van der Waals surface area contributed by atoms with Crippen LogP contribution >= 0.6 is 0 Å². The zero-order valence-electron chi connectivity index (χ0n) is 19.4. The third kappa shape index (κ3) is 6.34. The summed E-state index contributed by atoms with van der Waals surface area (Å²) in [5.41, 5.74) is 0.313. The molecule has 7 heteroatoms. The van der Waals surface area contributed by atoms with Crippen LogP contribution < -0.4 is 5.32 Å². The van der Waals surface area contributed by atoms with E-state index < -0.39 is 5.82 Å². The number of fused-ring (bicyclic) bond motifs is 1. The minimum Gasteiger partial charge on any atom is -0.482 e. The molecule has 6 nitrogen and oxygen atoms in total. The monoisotopic (exact) mass is 457 g/mol. The number of rotatable bonds is 7. The number of nitrogens with one attached hydrogen (secondary N) is 1. The second kappa shape index (κ2) is 11.6. The molecule has 3 fully saturated rings. The lowest BCUT2D eigenvalue weighted by atomic mass is 9.89. The highest BCUT2D eigenvalue weighted by molar-refractivity contribution is 5.98. The van der Waals surface area contributed by atoms with Gasteiger partial charge < -0.3 is 19.9 Å². The third-order valence-electron chi connectivity index (χ3n) is 7.00. The molecule has 2 heterocycles. The number of hydrogen-bond donors (Lipinski definition) is 1. The van der Waals surface area contributed by atoms with E-state index in [1.54, 1.807) is 23.1 Å². The molecule has 1 aromatic carbocycles. The van der Waals surface area contributed by atoms with Crippen LogP contribution in [-0.4, -0.2) is 66.5 Å². The van der Waals surface area contributed by atoms with Gasteiger partial charge in [-0.1, -0.05) is 37.5 Å². The zero-order valence-corrected chi connectivity index (χ0v) is 19.4. The van der Waals surface area contributed by atoms with Crippen molar-refractivity contribution in [3.05, 3.63) is 41.4 Å². The Morgan fingerprint density at radius 2 is 1.85 bits per heavy atom. The number of nitrogens with zero attached hydrogens (tertiary/aromatic N) is 2. The molecule has 3 aliphatic rings. The van der Waals surface area contributed by atoms with Gasteiger partial charge in [0.05, 0.1) is 6.04 Å². The van der Waals surface area contributed by atoms with Crippen LogP contribution in [0.25, 0.3) is 6.08 Å². The fourth-order valence-corrected chi connectivity index (χ4v) is 5.20. The fraction of sp³-hybridized carbons (Fsp3) is 0.615. The zero-order chi connectivity index (χ0) is 23.0. The molecule has 1 aromatic rings. The number of carbonyl (C=O) groups excluding carboxylic acids is 2. The van der Waals surface area contributed by atoms with Gasteiger partial charge in [0, 0.05) is 12.1 Å². The Kier molecular flexibility index (Phi) is 8.37. The van der Waals surface area contributed by atoms with Crippen molar-refractivity contribution >= 4 is 17.9 Å². The quantitative estimate of drug-likeness (QED) is 0.501. The standard InChI is InChI=1S/C26H36FN3O3/c27-21-11-4-3-10-20(21)18-24-26(32)30(22-12-5-6-13-23(22)33-24)19-25(31)28-14-9-17-29-15-7-1-2-8-16-29/h3-4,10-11,18,22-23H,1-2,5-9,12-17,19H2,(H,28,31)/b24-18+. The van der Waals surface area contributed by atoms with Crippen LogP contribution in [0.15, 0.2) is 30.0 Å². The van der Waals surface area contributed by atoms with Crippen LogP contribution in [0.1, 0.15) is 63.4 Å². The van der Waals surface area contributed by atoms with Gasteiger partial charge in [-0.3, -0.25) is 9.59 Å². The highest BCUT2D eigenvalue weighted by Crippen LogP contribution is 2.33. The van der Waals surface area contributed by atoms with Crippen LogP contribution in [0, 0.1) is 5.82 Å². The summed E-state index contributed by atoms with van der Waals surface area (Å²) in [5, 5.41) is 3.00. The van der Waals surface area contributed by atoms with Crippen molar-refractivity contribution in [2.75, 3.05) is 32.7 Å². The molecule has 0 radical (unpaired) electrons. The predicted molar refractivity (Wildman–Crippen MR) is 126 cm³/mol. The molecule has 1 aliphatic carbocycles. The van der Waals surface area contributed by atoms with Crippen molar-refractivity contribution in [2.24, 2.45) is 0 Å². The van der Waals surface area contributed by atoms with Crippen LogP contribution in [0.4, 0.5) is 4.39 Å². The largest absolute Gasteiger partial charge is 0.482 e. The van der Waals surface area contributed by atoms with Crippen molar-refractivity contribution in [1.29, 1.82) is 0 Å². The van der Waals surface area contributed by atoms with E-state index in [4.69, 9.17) is 4.74 Å². The van der Waals surface area contributed by atoms with Gasteiger partial charge in [0.25, 0.3) is 5.91 Å². The average Bonchev–Trinajstić information content (AvgIpc) is 3.10. The summed E-state index contributed by atoms with van der Waals surface area (Å²) in [6, 6.07) is 6.21. The fourth-order valence-electron chi connectivity index (χ4n) is 5.20. The van der Waals surface area contributed by atoms with Crippen molar-refractivity contribution < 1.29 is 18.7 Å². The molecule has 2 saturated heterocycles. The summed E-state index contributed by atoms with van der Waals surface area (Å²) in [4.78, 5) is 30.1. The summed E-state index contributed by atoms with van der Waals surface area (Å²) in [6.07, 6.45) is 11.1. The molecule has 4 rings (SSSR count). The molecule has 2 aliphatic heterocycles. The van der Waals surface area contributed by atoms with E-state index in [0.717, 1.165) is 51.7 Å². The van der Waals surface area contributed by atoms with Gasteiger partial charge in [0.15, 0.2) is 5.76 Å². The van der Waals surface area contributed by atoms with E-state index in [2.05, 4.69) is 10.2 Å². The first-order chi connectivity index (χ1) is 16.1. The van der Waals surface area contributed by atoms with Crippen molar-refractivity contribution in [3.63, 3.8) is 0 Å².